The second-order valence-corrected chi connectivity index (χ2v) is 4.89. The number of hydrogen-bond acceptors (Lipinski definition) is 2. The van der Waals surface area contributed by atoms with E-state index in [1.54, 1.807) is 30.3 Å². The van der Waals surface area contributed by atoms with Crippen molar-refractivity contribution in [2.24, 2.45) is 0 Å². The highest BCUT2D eigenvalue weighted by atomic mass is 32.1. The van der Waals surface area contributed by atoms with Gasteiger partial charge >= 0.3 is 0 Å². The highest BCUT2D eigenvalue weighted by Crippen LogP contribution is 2.23. The van der Waals surface area contributed by atoms with Crippen LogP contribution < -0.4 is 0 Å². The Morgan fingerprint density at radius 3 is 1.90 bits per heavy atom. The molecule has 0 aliphatic rings. The van der Waals surface area contributed by atoms with Crippen molar-refractivity contribution >= 4 is 12.2 Å². The van der Waals surface area contributed by atoms with Crippen molar-refractivity contribution in [1.82, 2.24) is 9.97 Å². The van der Waals surface area contributed by atoms with Gasteiger partial charge in [0.1, 0.15) is 11.6 Å². The van der Waals surface area contributed by atoms with Gasteiger partial charge in [0.05, 0.1) is 5.69 Å². The Bertz CT molecular complexity index is 757. The molecular formula is C16H10F2N2S. The van der Waals surface area contributed by atoms with Crippen molar-refractivity contribution in [2.45, 2.75) is 0 Å². The molecule has 0 amide bonds. The third kappa shape index (κ3) is 3.03. The Morgan fingerprint density at radius 1 is 0.810 bits per heavy atom. The number of benzene rings is 2. The number of halogens is 2. The number of aromatic nitrogens is 2. The predicted octanol–water partition coefficient (Wildman–Crippen LogP) is 4.75. The van der Waals surface area contributed by atoms with Crippen molar-refractivity contribution < 1.29 is 8.78 Å². The Morgan fingerprint density at radius 2 is 1.33 bits per heavy atom. The van der Waals surface area contributed by atoms with Crippen LogP contribution in [0.5, 0.6) is 0 Å². The lowest BCUT2D eigenvalue weighted by Crippen LogP contribution is -1.92. The molecule has 1 aromatic heterocycles. The topological polar surface area (TPSA) is 28.7 Å². The molecule has 3 aromatic rings. The molecule has 2 aromatic carbocycles. The molecule has 0 bridgehead atoms. The van der Waals surface area contributed by atoms with E-state index in [2.05, 4.69) is 9.97 Å². The van der Waals surface area contributed by atoms with Crippen LogP contribution >= 0.6 is 12.2 Å². The van der Waals surface area contributed by atoms with Crippen LogP contribution in [0.15, 0.2) is 54.6 Å². The van der Waals surface area contributed by atoms with Crippen LogP contribution in [0.3, 0.4) is 0 Å². The van der Waals surface area contributed by atoms with E-state index in [-0.39, 0.29) is 11.6 Å². The molecular weight excluding hydrogens is 290 g/mol. The quantitative estimate of drug-likeness (QED) is 0.692. The van der Waals surface area contributed by atoms with Crippen molar-refractivity contribution in [3.05, 3.63) is 71.0 Å². The Balaban J connectivity index is 2.10. The fourth-order valence-electron chi connectivity index (χ4n) is 2.01. The van der Waals surface area contributed by atoms with E-state index < -0.39 is 0 Å². The molecule has 5 heteroatoms. The molecule has 0 saturated heterocycles. The molecule has 104 valence electrons. The number of rotatable bonds is 2. The van der Waals surface area contributed by atoms with Crippen molar-refractivity contribution in [3.63, 3.8) is 0 Å². The van der Waals surface area contributed by atoms with E-state index >= 15 is 0 Å². The number of nitrogens with zero attached hydrogens (tertiary/aromatic N) is 1. The molecule has 0 aliphatic heterocycles. The fourth-order valence-corrected chi connectivity index (χ4v) is 2.22. The summed E-state index contributed by atoms with van der Waals surface area (Å²) in [5.41, 5.74) is 2.93. The van der Waals surface area contributed by atoms with Gasteiger partial charge < -0.3 is 4.98 Å². The first kappa shape index (κ1) is 13.6. The van der Waals surface area contributed by atoms with Gasteiger partial charge in [-0.05, 0) is 72.4 Å². The summed E-state index contributed by atoms with van der Waals surface area (Å²) in [6.45, 7) is 0. The maximum Gasteiger partial charge on any atom is 0.197 e. The number of H-pyrrole nitrogens is 1. The molecule has 3 rings (SSSR count). The smallest absolute Gasteiger partial charge is 0.197 e. The number of hydrogen-bond donors (Lipinski definition) is 1. The summed E-state index contributed by atoms with van der Waals surface area (Å²) >= 11 is 5.12. The lowest BCUT2D eigenvalue weighted by molar-refractivity contribution is 0.627. The zero-order chi connectivity index (χ0) is 14.8. The zero-order valence-corrected chi connectivity index (χ0v) is 11.6. The highest BCUT2D eigenvalue weighted by Gasteiger charge is 2.05. The summed E-state index contributed by atoms with van der Waals surface area (Å²) in [5.74, 6) is -0.608. The summed E-state index contributed by atoms with van der Waals surface area (Å²) in [5, 5.41) is 0. The summed E-state index contributed by atoms with van der Waals surface area (Å²) in [7, 11) is 0. The normalized spacial score (nSPS) is 10.6. The monoisotopic (exact) mass is 300 g/mol. The summed E-state index contributed by atoms with van der Waals surface area (Å²) in [6, 6.07) is 13.9. The molecule has 0 unspecified atom stereocenters. The number of nitrogens with one attached hydrogen (secondary N) is 1. The molecule has 0 saturated carbocycles. The van der Waals surface area contributed by atoms with Gasteiger partial charge in [-0.25, -0.2) is 13.8 Å². The van der Waals surface area contributed by atoms with Gasteiger partial charge in [-0.2, -0.15) is 0 Å². The second-order valence-electron chi connectivity index (χ2n) is 4.50. The second kappa shape index (κ2) is 5.54. The van der Waals surface area contributed by atoms with Gasteiger partial charge in [-0.3, -0.25) is 0 Å². The summed E-state index contributed by atoms with van der Waals surface area (Å²) in [4.78, 5) is 7.21. The van der Waals surface area contributed by atoms with Gasteiger partial charge in [-0.15, -0.1) is 0 Å². The summed E-state index contributed by atoms with van der Waals surface area (Å²) in [6.07, 6.45) is 0. The van der Waals surface area contributed by atoms with E-state index in [0.29, 0.717) is 10.5 Å². The van der Waals surface area contributed by atoms with Crippen LogP contribution in [-0.2, 0) is 0 Å². The first-order chi connectivity index (χ1) is 10.1. The first-order valence-electron chi connectivity index (χ1n) is 6.25. The van der Waals surface area contributed by atoms with Crippen LogP contribution in [0, 0.1) is 16.4 Å². The van der Waals surface area contributed by atoms with Gasteiger partial charge in [0.2, 0.25) is 0 Å². The van der Waals surface area contributed by atoms with Crippen molar-refractivity contribution in [3.8, 4) is 22.5 Å². The first-order valence-corrected chi connectivity index (χ1v) is 6.66. The van der Waals surface area contributed by atoms with Gasteiger partial charge in [0.25, 0.3) is 0 Å². The van der Waals surface area contributed by atoms with Gasteiger partial charge in [-0.1, -0.05) is 0 Å². The molecule has 0 radical (unpaired) electrons. The molecule has 0 atom stereocenters. The van der Waals surface area contributed by atoms with E-state index in [0.717, 1.165) is 16.8 Å². The average molecular weight is 300 g/mol. The van der Waals surface area contributed by atoms with Crippen LogP contribution in [0.2, 0.25) is 0 Å². The third-order valence-electron chi connectivity index (χ3n) is 3.04. The van der Waals surface area contributed by atoms with Crippen LogP contribution in [0.1, 0.15) is 0 Å². The minimum Gasteiger partial charge on any atom is -0.330 e. The molecule has 0 aliphatic carbocycles. The molecule has 1 heterocycles. The maximum atomic E-state index is 13.0. The molecule has 0 fully saturated rings. The van der Waals surface area contributed by atoms with E-state index in [9.17, 15) is 8.78 Å². The van der Waals surface area contributed by atoms with Crippen molar-refractivity contribution in [1.29, 1.82) is 0 Å². The Hall–Kier alpha value is -2.40. The minimum atomic E-state index is -0.307. The van der Waals surface area contributed by atoms with Crippen LogP contribution in [-0.4, -0.2) is 9.97 Å². The van der Waals surface area contributed by atoms with Gasteiger partial charge in [0.15, 0.2) is 4.77 Å². The summed E-state index contributed by atoms with van der Waals surface area (Å²) < 4.78 is 26.3. The molecule has 0 spiro atoms. The highest BCUT2D eigenvalue weighted by molar-refractivity contribution is 7.71. The number of aromatic amines is 1. The SMILES string of the molecule is Fc1ccc(-c2cc(-c3ccc(F)cc3)[nH]c(=S)n2)cc1. The van der Waals surface area contributed by atoms with Gasteiger partial charge in [0, 0.05) is 11.3 Å². The molecule has 2 nitrogen and oxygen atoms in total. The molecule has 21 heavy (non-hydrogen) atoms. The fraction of sp³-hybridized carbons (Fsp3) is 0. The van der Waals surface area contributed by atoms with Crippen LogP contribution in [0.25, 0.3) is 22.5 Å². The van der Waals surface area contributed by atoms with Crippen molar-refractivity contribution in [2.75, 3.05) is 0 Å². The Labute approximate surface area is 125 Å². The Kier molecular flexibility index (Phi) is 3.58. The average Bonchev–Trinajstić information content (AvgIpc) is 2.48. The van der Waals surface area contributed by atoms with E-state index in [1.165, 1.54) is 24.3 Å². The predicted molar refractivity (Wildman–Crippen MR) is 80.2 cm³/mol. The minimum absolute atomic E-state index is 0.301. The van der Waals surface area contributed by atoms with E-state index in [1.807, 2.05) is 0 Å². The third-order valence-corrected chi connectivity index (χ3v) is 3.23. The zero-order valence-electron chi connectivity index (χ0n) is 10.8. The largest absolute Gasteiger partial charge is 0.330 e. The van der Waals surface area contributed by atoms with Crippen LogP contribution in [0.4, 0.5) is 8.78 Å². The molecule has 1 N–H and O–H groups in total. The lowest BCUT2D eigenvalue weighted by Gasteiger charge is -2.06. The maximum absolute atomic E-state index is 13.0. The van der Waals surface area contributed by atoms with E-state index in [4.69, 9.17) is 12.2 Å². The standard InChI is InChI=1S/C16H10F2N2S/c17-12-5-1-10(2-6-12)14-9-15(20-16(21)19-14)11-3-7-13(18)8-4-11/h1-9H,(H,19,20,21). The lowest BCUT2D eigenvalue weighted by atomic mass is 10.1.